The molecule has 3 heteroatoms. The van der Waals surface area contributed by atoms with Gasteiger partial charge in [0.15, 0.2) is 0 Å². The Morgan fingerprint density at radius 3 is 2.72 bits per heavy atom. The van der Waals surface area contributed by atoms with Crippen LogP contribution in [-0.4, -0.2) is 48.1 Å². The monoisotopic (exact) mass is 272 g/mol. The van der Waals surface area contributed by atoms with Crippen LogP contribution in [-0.2, 0) is 0 Å². The lowest BCUT2D eigenvalue weighted by Crippen LogP contribution is -2.55. The van der Waals surface area contributed by atoms with E-state index in [1.807, 2.05) is 11.8 Å². The fourth-order valence-corrected chi connectivity index (χ4v) is 3.66. The molecule has 0 bridgehead atoms. The van der Waals surface area contributed by atoms with Crippen molar-refractivity contribution in [1.82, 2.24) is 10.2 Å². The highest BCUT2D eigenvalue weighted by Gasteiger charge is 2.33. The molecular formula is C15H32N2S. The van der Waals surface area contributed by atoms with E-state index in [1.165, 1.54) is 38.1 Å². The lowest BCUT2D eigenvalue weighted by molar-refractivity contribution is 0.0520. The minimum atomic E-state index is 0.713. The standard InChI is InChI=1S/C15H32N2S/c1-6-9-16-15-7-10-17(14(4)13(15)3)12(2)8-11-18-5/h12-16H,6-11H2,1-5H3. The smallest absolute Gasteiger partial charge is 0.0120 e. The van der Waals surface area contributed by atoms with Crippen molar-refractivity contribution in [3.05, 3.63) is 0 Å². The summed E-state index contributed by atoms with van der Waals surface area (Å²) in [6.45, 7) is 11.9. The summed E-state index contributed by atoms with van der Waals surface area (Å²) < 4.78 is 0. The van der Waals surface area contributed by atoms with Crippen LogP contribution in [0.2, 0.25) is 0 Å². The van der Waals surface area contributed by atoms with Crippen LogP contribution in [0.1, 0.15) is 47.0 Å². The predicted octanol–water partition coefficient (Wildman–Crippen LogP) is 3.23. The van der Waals surface area contributed by atoms with Gasteiger partial charge in [-0.05, 0) is 57.6 Å². The minimum Gasteiger partial charge on any atom is -0.314 e. The molecule has 18 heavy (non-hydrogen) atoms. The zero-order valence-corrected chi connectivity index (χ0v) is 13.7. The summed E-state index contributed by atoms with van der Waals surface area (Å²) in [6.07, 6.45) is 6.09. The molecule has 108 valence electrons. The van der Waals surface area contributed by atoms with E-state index in [-0.39, 0.29) is 0 Å². The molecule has 1 rings (SSSR count). The summed E-state index contributed by atoms with van der Waals surface area (Å²) in [5, 5.41) is 3.72. The topological polar surface area (TPSA) is 15.3 Å². The molecule has 0 radical (unpaired) electrons. The van der Waals surface area contributed by atoms with Crippen LogP contribution in [0.25, 0.3) is 0 Å². The molecule has 4 unspecified atom stereocenters. The molecule has 0 aromatic carbocycles. The Labute approximate surface area is 118 Å². The van der Waals surface area contributed by atoms with Crippen molar-refractivity contribution in [2.24, 2.45) is 5.92 Å². The predicted molar refractivity (Wildman–Crippen MR) is 84.5 cm³/mol. The zero-order chi connectivity index (χ0) is 13.5. The lowest BCUT2D eigenvalue weighted by atomic mass is 9.86. The highest BCUT2D eigenvalue weighted by atomic mass is 32.2. The first kappa shape index (κ1) is 16.3. The van der Waals surface area contributed by atoms with E-state index in [0.29, 0.717) is 6.04 Å². The van der Waals surface area contributed by atoms with Crippen LogP contribution in [0.4, 0.5) is 0 Å². The molecule has 1 aliphatic heterocycles. The summed E-state index contributed by atoms with van der Waals surface area (Å²) in [5.41, 5.74) is 0. The Kier molecular flexibility index (Phi) is 7.66. The third kappa shape index (κ3) is 4.43. The maximum absolute atomic E-state index is 3.72. The normalized spacial score (nSPS) is 31.5. The number of thioether (sulfide) groups is 1. The molecule has 1 fully saturated rings. The van der Waals surface area contributed by atoms with Crippen LogP contribution >= 0.6 is 11.8 Å². The van der Waals surface area contributed by atoms with E-state index in [4.69, 9.17) is 0 Å². The van der Waals surface area contributed by atoms with Gasteiger partial charge in [-0.1, -0.05) is 13.8 Å². The number of likely N-dealkylation sites (tertiary alicyclic amines) is 1. The van der Waals surface area contributed by atoms with Gasteiger partial charge in [-0.25, -0.2) is 0 Å². The largest absolute Gasteiger partial charge is 0.314 e. The second-order valence-corrected chi connectivity index (χ2v) is 6.80. The number of hydrogen-bond acceptors (Lipinski definition) is 3. The van der Waals surface area contributed by atoms with Gasteiger partial charge in [0.05, 0.1) is 0 Å². The van der Waals surface area contributed by atoms with Crippen LogP contribution < -0.4 is 5.32 Å². The Hall–Kier alpha value is 0.270. The maximum Gasteiger partial charge on any atom is 0.0120 e. The Balaban J connectivity index is 2.46. The van der Waals surface area contributed by atoms with E-state index in [9.17, 15) is 0 Å². The van der Waals surface area contributed by atoms with Gasteiger partial charge in [-0.2, -0.15) is 11.8 Å². The van der Waals surface area contributed by atoms with E-state index in [0.717, 1.165) is 18.0 Å². The van der Waals surface area contributed by atoms with Gasteiger partial charge < -0.3 is 5.32 Å². The first-order valence-corrected chi connectivity index (χ1v) is 8.99. The van der Waals surface area contributed by atoms with Gasteiger partial charge in [0.2, 0.25) is 0 Å². The van der Waals surface area contributed by atoms with Crippen molar-refractivity contribution in [2.45, 2.75) is 65.1 Å². The van der Waals surface area contributed by atoms with E-state index >= 15 is 0 Å². The zero-order valence-electron chi connectivity index (χ0n) is 12.9. The number of piperidine rings is 1. The van der Waals surface area contributed by atoms with Gasteiger partial charge in [0.1, 0.15) is 0 Å². The Bertz CT molecular complexity index is 223. The molecule has 1 heterocycles. The van der Waals surface area contributed by atoms with Gasteiger partial charge >= 0.3 is 0 Å². The molecule has 4 atom stereocenters. The Morgan fingerprint density at radius 1 is 1.39 bits per heavy atom. The molecule has 0 aromatic rings. The number of nitrogens with one attached hydrogen (secondary N) is 1. The van der Waals surface area contributed by atoms with Crippen molar-refractivity contribution in [1.29, 1.82) is 0 Å². The van der Waals surface area contributed by atoms with E-state index < -0.39 is 0 Å². The van der Waals surface area contributed by atoms with Crippen molar-refractivity contribution < 1.29 is 0 Å². The molecule has 1 saturated heterocycles. The summed E-state index contributed by atoms with van der Waals surface area (Å²) in [4.78, 5) is 2.73. The third-order valence-electron chi connectivity index (χ3n) is 4.58. The number of rotatable bonds is 7. The summed E-state index contributed by atoms with van der Waals surface area (Å²) in [6, 6.07) is 2.18. The maximum atomic E-state index is 3.72. The lowest BCUT2D eigenvalue weighted by Gasteiger charge is -2.46. The molecule has 0 aliphatic carbocycles. The van der Waals surface area contributed by atoms with Crippen LogP contribution in [0, 0.1) is 5.92 Å². The Morgan fingerprint density at radius 2 is 2.11 bits per heavy atom. The molecule has 1 aliphatic rings. The fraction of sp³-hybridized carbons (Fsp3) is 1.00. The van der Waals surface area contributed by atoms with Crippen molar-refractivity contribution in [3.8, 4) is 0 Å². The van der Waals surface area contributed by atoms with Gasteiger partial charge in [0, 0.05) is 24.7 Å². The van der Waals surface area contributed by atoms with Crippen molar-refractivity contribution in [2.75, 3.05) is 25.1 Å². The molecule has 0 saturated carbocycles. The summed E-state index contributed by atoms with van der Waals surface area (Å²) in [5.74, 6) is 2.05. The molecule has 0 spiro atoms. The highest BCUT2D eigenvalue weighted by molar-refractivity contribution is 7.98. The van der Waals surface area contributed by atoms with Gasteiger partial charge in [-0.15, -0.1) is 0 Å². The van der Waals surface area contributed by atoms with Crippen LogP contribution in [0.15, 0.2) is 0 Å². The third-order valence-corrected chi connectivity index (χ3v) is 5.22. The second-order valence-electron chi connectivity index (χ2n) is 5.82. The molecular weight excluding hydrogens is 240 g/mol. The second kappa shape index (κ2) is 8.44. The average molecular weight is 273 g/mol. The first-order valence-electron chi connectivity index (χ1n) is 7.59. The van der Waals surface area contributed by atoms with Gasteiger partial charge in [-0.3, -0.25) is 4.90 Å². The highest BCUT2D eigenvalue weighted by Crippen LogP contribution is 2.26. The van der Waals surface area contributed by atoms with Crippen molar-refractivity contribution in [3.63, 3.8) is 0 Å². The fourth-order valence-electron chi connectivity index (χ4n) is 3.09. The minimum absolute atomic E-state index is 0.713. The number of hydrogen-bond donors (Lipinski definition) is 1. The number of nitrogens with zero attached hydrogens (tertiary/aromatic N) is 1. The average Bonchev–Trinajstić information content (AvgIpc) is 2.37. The quantitative estimate of drug-likeness (QED) is 0.766. The molecule has 1 N–H and O–H groups in total. The summed E-state index contributed by atoms with van der Waals surface area (Å²) >= 11 is 1.97. The van der Waals surface area contributed by atoms with E-state index in [2.05, 4.69) is 44.2 Å². The first-order chi connectivity index (χ1) is 8.61. The van der Waals surface area contributed by atoms with Crippen molar-refractivity contribution >= 4 is 11.8 Å². The van der Waals surface area contributed by atoms with Crippen LogP contribution in [0.3, 0.4) is 0 Å². The SMILES string of the molecule is CCCNC1CCN(C(C)CCSC)C(C)C1C. The van der Waals surface area contributed by atoms with Gasteiger partial charge in [0.25, 0.3) is 0 Å². The molecule has 2 nitrogen and oxygen atoms in total. The molecule has 0 aromatic heterocycles. The molecule has 0 amide bonds. The van der Waals surface area contributed by atoms with E-state index in [1.54, 1.807) is 0 Å². The summed E-state index contributed by atoms with van der Waals surface area (Å²) in [7, 11) is 0. The van der Waals surface area contributed by atoms with Crippen LogP contribution in [0.5, 0.6) is 0 Å².